The highest BCUT2D eigenvalue weighted by atomic mass is 16.5. The number of aromatic nitrogens is 2. The summed E-state index contributed by atoms with van der Waals surface area (Å²) in [5, 5.41) is 5.80. The Morgan fingerprint density at radius 1 is 1.14 bits per heavy atom. The molecular weight excluding hydrogens is 262 g/mol. The normalized spacial score (nSPS) is 17.5. The summed E-state index contributed by atoms with van der Waals surface area (Å²) in [4.78, 5) is 2.44. The molecule has 2 aromatic rings. The van der Waals surface area contributed by atoms with E-state index in [0.29, 0.717) is 0 Å². The first-order valence-electron chi connectivity index (χ1n) is 7.80. The van der Waals surface area contributed by atoms with Gasteiger partial charge in [0.15, 0.2) is 0 Å². The maximum atomic E-state index is 5.39. The summed E-state index contributed by atoms with van der Waals surface area (Å²) in [5.41, 5.74) is 2.78. The third-order valence-corrected chi connectivity index (χ3v) is 4.24. The van der Waals surface area contributed by atoms with Gasteiger partial charge in [0.1, 0.15) is 0 Å². The number of rotatable bonds is 3. The molecule has 0 saturated carbocycles. The van der Waals surface area contributed by atoms with Crippen LogP contribution in [0.5, 0.6) is 0 Å². The Kier molecular flexibility index (Phi) is 4.00. The molecule has 0 aliphatic carbocycles. The molecule has 3 rings (SSSR count). The second kappa shape index (κ2) is 5.78. The first kappa shape index (κ1) is 14.5. The molecule has 0 atom stereocenters. The molecule has 1 aromatic heterocycles. The average Bonchev–Trinajstić information content (AvgIpc) is 2.87. The number of morpholine rings is 1. The van der Waals surface area contributed by atoms with Crippen molar-refractivity contribution in [2.24, 2.45) is 0 Å². The summed E-state index contributed by atoms with van der Waals surface area (Å²) < 4.78 is 7.51. The number of hydrogen-bond acceptors (Lipinski definition) is 3. The zero-order valence-electron chi connectivity index (χ0n) is 13.3. The molecule has 1 fully saturated rings. The lowest BCUT2D eigenvalue weighted by molar-refractivity contribution is 0.0361. The summed E-state index contributed by atoms with van der Waals surface area (Å²) in [6.45, 7) is 12.5. The first-order chi connectivity index (χ1) is 10.0. The summed E-state index contributed by atoms with van der Waals surface area (Å²) in [6.07, 6.45) is 1.99. The van der Waals surface area contributed by atoms with Gasteiger partial charge < -0.3 is 4.74 Å². The fraction of sp³-hybridized carbons (Fsp3) is 0.588. The van der Waals surface area contributed by atoms with E-state index in [1.54, 1.807) is 0 Å². The fourth-order valence-electron chi connectivity index (χ4n) is 2.79. The van der Waals surface area contributed by atoms with Crippen LogP contribution in [0.4, 0.5) is 0 Å². The van der Waals surface area contributed by atoms with Crippen LogP contribution in [-0.2, 0) is 16.7 Å². The van der Waals surface area contributed by atoms with E-state index in [0.717, 1.165) is 39.4 Å². The van der Waals surface area contributed by atoms with Crippen molar-refractivity contribution in [2.45, 2.75) is 32.7 Å². The molecule has 4 nitrogen and oxygen atoms in total. The topological polar surface area (TPSA) is 30.3 Å². The second-order valence-electron chi connectivity index (χ2n) is 6.85. The third-order valence-electron chi connectivity index (χ3n) is 4.24. The molecule has 1 aromatic carbocycles. The lowest BCUT2D eigenvalue weighted by Gasteiger charge is -2.26. The number of fused-ring (bicyclic) bond motifs is 1. The molecule has 2 heterocycles. The predicted octanol–water partition coefficient (Wildman–Crippen LogP) is 2.67. The molecule has 1 aliphatic rings. The molecule has 21 heavy (non-hydrogen) atoms. The number of hydrogen-bond donors (Lipinski definition) is 0. The van der Waals surface area contributed by atoms with Gasteiger partial charge >= 0.3 is 0 Å². The van der Waals surface area contributed by atoms with Gasteiger partial charge in [-0.25, -0.2) is 0 Å². The zero-order valence-corrected chi connectivity index (χ0v) is 13.3. The van der Waals surface area contributed by atoms with E-state index >= 15 is 0 Å². The minimum absolute atomic E-state index is 0.185. The molecule has 0 radical (unpaired) electrons. The van der Waals surface area contributed by atoms with E-state index in [4.69, 9.17) is 4.74 Å². The number of benzene rings is 1. The molecule has 0 spiro atoms. The SMILES string of the molecule is CC(C)(C)c1ccc2c(cnn2CCN2CCOCC2)c1. The van der Waals surface area contributed by atoms with Crippen LogP contribution in [0.25, 0.3) is 10.9 Å². The summed E-state index contributed by atoms with van der Waals surface area (Å²) in [6, 6.07) is 6.71. The van der Waals surface area contributed by atoms with Crippen LogP contribution in [0.1, 0.15) is 26.3 Å². The molecule has 1 aliphatic heterocycles. The van der Waals surface area contributed by atoms with Crippen LogP contribution in [0.2, 0.25) is 0 Å². The van der Waals surface area contributed by atoms with Gasteiger partial charge in [-0.05, 0) is 23.1 Å². The second-order valence-corrected chi connectivity index (χ2v) is 6.85. The van der Waals surface area contributed by atoms with Crippen molar-refractivity contribution < 1.29 is 4.74 Å². The highest BCUT2D eigenvalue weighted by Crippen LogP contribution is 2.25. The van der Waals surface area contributed by atoms with Gasteiger partial charge in [-0.1, -0.05) is 26.8 Å². The zero-order chi connectivity index (χ0) is 14.9. The smallest absolute Gasteiger partial charge is 0.0683 e. The average molecular weight is 287 g/mol. The van der Waals surface area contributed by atoms with Gasteiger partial charge in [-0.3, -0.25) is 9.58 Å². The van der Waals surface area contributed by atoms with Crippen molar-refractivity contribution in [3.63, 3.8) is 0 Å². The van der Waals surface area contributed by atoms with Gasteiger partial charge in [-0.15, -0.1) is 0 Å². The standard InChI is InChI=1S/C17H25N3O/c1-17(2,3)15-4-5-16-14(12-15)13-18-20(16)7-6-19-8-10-21-11-9-19/h4-5,12-13H,6-11H2,1-3H3. The van der Waals surface area contributed by atoms with E-state index in [2.05, 4.69) is 53.7 Å². The molecule has 4 heteroatoms. The summed E-state index contributed by atoms with van der Waals surface area (Å²) in [7, 11) is 0. The first-order valence-corrected chi connectivity index (χ1v) is 7.80. The quantitative estimate of drug-likeness (QED) is 0.869. The van der Waals surface area contributed by atoms with Crippen molar-refractivity contribution in [3.05, 3.63) is 30.0 Å². The van der Waals surface area contributed by atoms with E-state index in [-0.39, 0.29) is 5.41 Å². The Bertz CT molecular complexity index is 606. The molecule has 0 bridgehead atoms. The lowest BCUT2D eigenvalue weighted by Crippen LogP contribution is -2.38. The van der Waals surface area contributed by atoms with Crippen molar-refractivity contribution in [2.75, 3.05) is 32.8 Å². The Labute approximate surface area is 126 Å². The highest BCUT2D eigenvalue weighted by molar-refractivity contribution is 5.79. The largest absolute Gasteiger partial charge is 0.379 e. The molecule has 1 saturated heterocycles. The van der Waals surface area contributed by atoms with Crippen LogP contribution >= 0.6 is 0 Å². The fourth-order valence-corrected chi connectivity index (χ4v) is 2.79. The molecule has 0 N–H and O–H groups in total. The van der Waals surface area contributed by atoms with Gasteiger partial charge in [-0.2, -0.15) is 5.10 Å². The predicted molar refractivity (Wildman–Crippen MR) is 85.7 cm³/mol. The van der Waals surface area contributed by atoms with Crippen LogP contribution in [-0.4, -0.2) is 47.5 Å². The maximum Gasteiger partial charge on any atom is 0.0683 e. The van der Waals surface area contributed by atoms with E-state index < -0.39 is 0 Å². The van der Waals surface area contributed by atoms with Crippen molar-refractivity contribution in [1.29, 1.82) is 0 Å². The van der Waals surface area contributed by atoms with Gasteiger partial charge in [0.2, 0.25) is 0 Å². The number of ether oxygens (including phenoxy) is 1. The van der Waals surface area contributed by atoms with Crippen molar-refractivity contribution in [1.82, 2.24) is 14.7 Å². The highest BCUT2D eigenvalue weighted by Gasteiger charge is 2.15. The Balaban J connectivity index is 1.74. The van der Waals surface area contributed by atoms with E-state index in [1.807, 2.05) is 6.20 Å². The Morgan fingerprint density at radius 3 is 2.62 bits per heavy atom. The van der Waals surface area contributed by atoms with Crippen molar-refractivity contribution >= 4 is 10.9 Å². The minimum atomic E-state index is 0.185. The maximum absolute atomic E-state index is 5.39. The molecule has 0 amide bonds. The molecule has 114 valence electrons. The Hall–Kier alpha value is -1.39. The number of nitrogens with zero attached hydrogens (tertiary/aromatic N) is 3. The third kappa shape index (κ3) is 3.27. The van der Waals surface area contributed by atoms with Crippen LogP contribution in [0.3, 0.4) is 0 Å². The van der Waals surface area contributed by atoms with Crippen molar-refractivity contribution in [3.8, 4) is 0 Å². The van der Waals surface area contributed by atoms with E-state index in [9.17, 15) is 0 Å². The van der Waals surface area contributed by atoms with Crippen LogP contribution in [0, 0.1) is 0 Å². The minimum Gasteiger partial charge on any atom is -0.379 e. The van der Waals surface area contributed by atoms with Gasteiger partial charge in [0, 0.05) is 25.0 Å². The molecular formula is C17H25N3O. The van der Waals surface area contributed by atoms with Crippen LogP contribution in [0.15, 0.2) is 24.4 Å². The monoisotopic (exact) mass is 287 g/mol. The van der Waals surface area contributed by atoms with Gasteiger partial charge in [0.05, 0.1) is 31.5 Å². The van der Waals surface area contributed by atoms with Gasteiger partial charge in [0.25, 0.3) is 0 Å². The lowest BCUT2D eigenvalue weighted by atomic mass is 9.86. The Morgan fingerprint density at radius 2 is 1.90 bits per heavy atom. The van der Waals surface area contributed by atoms with Crippen LogP contribution < -0.4 is 0 Å². The summed E-state index contributed by atoms with van der Waals surface area (Å²) in [5.74, 6) is 0. The van der Waals surface area contributed by atoms with E-state index in [1.165, 1.54) is 16.5 Å². The summed E-state index contributed by atoms with van der Waals surface area (Å²) >= 11 is 0. The molecule has 0 unspecified atom stereocenters.